The summed E-state index contributed by atoms with van der Waals surface area (Å²) in [5, 5.41) is 11.6. The van der Waals surface area contributed by atoms with Crippen LogP contribution in [-0.4, -0.2) is 24.4 Å². The Morgan fingerprint density at radius 1 is 0.844 bits per heavy atom. The zero-order valence-corrected chi connectivity index (χ0v) is 19.9. The number of rotatable bonds is 5. The van der Waals surface area contributed by atoms with Gasteiger partial charge < -0.3 is 5.11 Å². The molecule has 4 nitrogen and oxygen atoms in total. The van der Waals surface area contributed by atoms with E-state index < -0.39 is 22.1 Å². The molecule has 0 fully saturated rings. The van der Waals surface area contributed by atoms with E-state index in [4.69, 9.17) is 34.8 Å². The van der Waals surface area contributed by atoms with Gasteiger partial charge in [0.2, 0.25) is 10.0 Å². The van der Waals surface area contributed by atoms with Crippen molar-refractivity contribution in [1.29, 1.82) is 0 Å². The van der Waals surface area contributed by atoms with Crippen LogP contribution in [0, 0.1) is 0 Å². The first-order valence-electron chi connectivity index (χ1n) is 9.91. The van der Waals surface area contributed by atoms with Gasteiger partial charge in [-0.1, -0.05) is 65.1 Å². The molecule has 3 aromatic carbocycles. The van der Waals surface area contributed by atoms with Crippen molar-refractivity contribution in [3.63, 3.8) is 0 Å². The van der Waals surface area contributed by atoms with E-state index in [0.717, 1.165) is 5.56 Å². The van der Waals surface area contributed by atoms with Gasteiger partial charge in [0.05, 0.1) is 23.6 Å². The van der Waals surface area contributed by atoms with Crippen LogP contribution < -0.4 is 0 Å². The van der Waals surface area contributed by atoms with Crippen molar-refractivity contribution < 1.29 is 13.5 Å². The molecule has 1 heterocycles. The van der Waals surface area contributed by atoms with Gasteiger partial charge in [-0.2, -0.15) is 4.31 Å². The molecule has 0 saturated heterocycles. The third-order valence-electron chi connectivity index (χ3n) is 5.49. The lowest BCUT2D eigenvalue weighted by Gasteiger charge is -2.41. The van der Waals surface area contributed by atoms with Crippen molar-refractivity contribution in [1.82, 2.24) is 4.31 Å². The van der Waals surface area contributed by atoms with Gasteiger partial charge in [0.1, 0.15) is 0 Å². The second kappa shape index (κ2) is 9.56. The lowest BCUT2D eigenvalue weighted by Crippen LogP contribution is -2.41. The van der Waals surface area contributed by atoms with Gasteiger partial charge >= 0.3 is 0 Å². The van der Waals surface area contributed by atoms with Gasteiger partial charge in [-0.05, 0) is 71.7 Å². The first-order valence-corrected chi connectivity index (χ1v) is 12.5. The van der Waals surface area contributed by atoms with Crippen molar-refractivity contribution >= 4 is 44.8 Å². The monoisotopic (exact) mass is 507 g/mol. The van der Waals surface area contributed by atoms with Crippen LogP contribution in [0.3, 0.4) is 0 Å². The van der Waals surface area contributed by atoms with Crippen molar-refractivity contribution in [2.75, 3.05) is 6.61 Å². The maximum atomic E-state index is 14.0. The largest absolute Gasteiger partial charge is 0.392 e. The van der Waals surface area contributed by atoms with E-state index in [0.29, 0.717) is 32.6 Å². The van der Waals surface area contributed by atoms with Crippen LogP contribution >= 0.6 is 34.8 Å². The number of sulfonamides is 1. The summed E-state index contributed by atoms with van der Waals surface area (Å²) in [4.78, 5) is 0.111. The van der Waals surface area contributed by atoms with E-state index in [2.05, 4.69) is 0 Å². The van der Waals surface area contributed by atoms with Gasteiger partial charge in [-0.25, -0.2) is 8.42 Å². The molecule has 0 amide bonds. The minimum absolute atomic E-state index is 0.111. The molecule has 1 N–H and O–H groups in total. The van der Waals surface area contributed by atoms with Crippen LogP contribution in [0.25, 0.3) is 0 Å². The Hall–Kier alpha value is -1.86. The quantitative estimate of drug-likeness (QED) is 0.403. The molecular weight excluding hydrogens is 489 g/mol. The van der Waals surface area contributed by atoms with Gasteiger partial charge in [-0.3, -0.25) is 0 Å². The minimum Gasteiger partial charge on any atom is -0.392 e. The molecule has 0 radical (unpaired) electrons. The molecular formula is C24H20Cl3NO3S. The van der Waals surface area contributed by atoms with Crippen LogP contribution in [0.1, 0.15) is 29.6 Å². The van der Waals surface area contributed by atoms with Crippen LogP contribution in [0.15, 0.2) is 89.3 Å². The molecule has 0 aliphatic carbocycles. The SMILES string of the molecule is O=S(=O)(c1ccc(Cl)cc1)N1C(c2cccc(Cl)c2)CC=C(CO)[C@@H]1c1cccc(Cl)c1. The Labute approximate surface area is 202 Å². The molecule has 0 aromatic heterocycles. The number of benzene rings is 3. The van der Waals surface area contributed by atoms with E-state index in [-0.39, 0.29) is 11.5 Å². The maximum Gasteiger partial charge on any atom is 0.244 e. The van der Waals surface area contributed by atoms with E-state index in [9.17, 15) is 13.5 Å². The van der Waals surface area contributed by atoms with E-state index in [1.54, 1.807) is 48.5 Å². The Bertz CT molecular complexity index is 1260. The molecule has 3 aromatic rings. The Kier molecular flexibility index (Phi) is 6.96. The van der Waals surface area contributed by atoms with Crippen LogP contribution in [-0.2, 0) is 10.0 Å². The van der Waals surface area contributed by atoms with E-state index in [1.165, 1.54) is 16.4 Å². The second-order valence-electron chi connectivity index (χ2n) is 7.49. The first kappa shape index (κ1) is 23.3. The van der Waals surface area contributed by atoms with Crippen molar-refractivity contribution in [3.05, 3.63) is 111 Å². The average Bonchev–Trinajstić information content (AvgIpc) is 2.78. The molecule has 1 aliphatic rings. The molecule has 0 spiro atoms. The Morgan fingerprint density at radius 3 is 2.03 bits per heavy atom. The van der Waals surface area contributed by atoms with Crippen LogP contribution in [0.5, 0.6) is 0 Å². The predicted octanol–water partition coefficient (Wildman–Crippen LogP) is 6.44. The number of nitrogens with zero attached hydrogens (tertiary/aromatic N) is 1. The highest BCUT2D eigenvalue weighted by Gasteiger charge is 2.42. The Morgan fingerprint density at radius 2 is 1.44 bits per heavy atom. The maximum absolute atomic E-state index is 14.0. The lowest BCUT2D eigenvalue weighted by molar-refractivity contribution is 0.230. The fourth-order valence-electron chi connectivity index (χ4n) is 4.04. The number of hydrogen-bond donors (Lipinski definition) is 1. The summed E-state index contributed by atoms with van der Waals surface area (Å²) >= 11 is 18.5. The number of aliphatic hydroxyl groups excluding tert-OH is 1. The molecule has 1 aliphatic heterocycles. The van der Waals surface area contributed by atoms with Crippen LogP contribution in [0.4, 0.5) is 0 Å². The number of halogens is 3. The van der Waals surface area contributed by atoms with Gasteiger partial charge in [0, 0.05) is 15.1 Å². The van der Waals surface area contributed by atoms with Gasteiger partial charge in [0.25, 0.3) is 0 Å². The summed E-state index contributed by atoms with van der Waals surface area (Å²) in [6, 6.07) is 19.0. The van der Waals surface area contributed by atoms with E-state index in [1.807, 2.05) is 18.2 Å². The highest BCUT2D eigenvalue weighted by Crippen LogP contribution is 2.46. The summed E-state index contributed by atoms with van der Waals surface area (Å²) in [6.45, 7) is -0.286. The molecule has 2 atom stereocenters. The number of aliphatic hydroxyl groups is 1. The standard InChI is InChI=1S/C24H20Cl3NO3S/c25-19-8-10-22(11-9-19)32(30,31)28-23(16-3-1-5-20(26)13-16)12-7-18(15-29)24(28)17-4-2-6-21(27)14-17/h1-11,13-14,23-24,29H,12,15H2/t23?,24-/m0/s1. The molecule has 166 valence electrons. The summed E-state index contributed by atoms with van der Waals surface area (Å²) in [7, 11) is -4.01. The van der Waals surface area contributed by atoms with Crippen LogP contribution in [0.2, 0.25) is 15.1 Å². The molecule has 32 heavy (non-hydrogen) atoms. The zero-order valence-electron chi connectivity index (χ0n) is 16.8. The van der Waals surface area contributed by atoms with Gasteiger partial charge in [0.15, 0.2) is 0 Å². The number of hydrogen-bond acceptors (Lipinski definition) is 3. The van der Waals surface area contributed by atoms with Crippen molar-refractivity contribution in [3.8, 4) is 0 Å². The fourth-order valence-corrected chi connectivity index (χ4v) is 6.37. The normalized spacial score (nSPS) is 19.6. The molecule has 0 saturated carbocycles. The Balaban J connectivity index is 1.95. The molecule has 1 unspecified atom stereocenters. The van der Waals surface area contributed by atoms with Crippen molar-refractivity contribution in [2.24, 2.45) is 0 Å². The minimum atomic E-state index is -4.01. The summed E-state index contributed by atoms with van der Waals surface area (Å²) in [6.07, 6.45) is 2.28. The molecule has 8 heteroatoms. The third-order valence-corrected chi connectivity index (χ3v) is 8.10. The topological polar surface area (TPSA) is 57.6 Å². The highest BCUT2D eigenvalue weighted by atomic mass is 35.5. The third kappa shape index (κ3) is 4.60. The smallest absolute Gasteiger partial charge is 0.244 e. The summed E-state index contributed by atoms with van der Waals surface area (Å²) in [5.41, 5.74) is 2.01. The summed E-state index contributed by atoms with van der Waals surface area (Å²) in [5.74, 6) is 0. The lowest BCUT2D eigenvalue weighted by atomic mass is 9.90. The molecule has 0 bridgehead atoms. The van der Waals surface area contributed by atoms with Crippen molar-refractivity contribution in [2.45, 2.75) is 23.4 Å². The molecule has 4 rings (SSSR count). The van der Waals surface area contributed by atoms with Gasteiger partial charge in [-0.15, -0.1) is 0 Å². The fraction of sp³-hybridized carbons (Fsp3) is 0.167. The highest BCUT2D eigenvalue weighted by molar-refractivity contribution is 7.89. The second-order valence-corrected chi connectivity index (χ2v) is 10.6. The average molecular weight is 509 g/mol. The summed E-state index contributed by atoms with van der Waals surface area (Å²) < 4.78 is 29.5. The zero-order chi connectivity index (χ0) is 22.9. The van der Waals surface area contributed by atoms with E-state index >= 15 is 0 Å². The first-order chi connectivity index (χ1) is 15.3. The predicted molar refractivity (Wildman–Crippen MR) is 129 cm³/mol.